The van der Waals surface area contributed by atoms with E-state index in [4.69, 9.17) is 24.1 Å². The summed E-state index contributed by atoms with van der Waals surface area (Å²) in [4.78, 5) is 34.1. The Hall–Kier alpha value is -3.43. The van der Waals surface area contributed by atoms with Gasteiger partial charge in [-0.2, -0.15) is 0 Å². The van der Waals surface area contributed by atoms with Crippen LogP contribution in [0.1, 0.15) is 15.9 Å². The van der Waals surface area contributed by atoms with Crippen molar-refractivity contribution in [2.45, 2.75) is 5.79 Å². The molecule has 2 rings (SSSR count). The highest BCUT2D eigenvalue weighted by Gasteiger charge is 2.41. The summed E-state index contributed by atoms with van der Waals surface area (Å²) < 4.78 is 20.9. The number of carbonyl (C=O) groups is 3. The molecule has 0 saturated heterocycles. The van der Waals surface area contributed by atoms with Gasteiger partial charge in [-0.1, -0.05) is 0 Å². The van der Waals surface area contributed by atoms with Gasteiger partial charge in [0.25, 0.3) is 5.79 Å². The number of ketones is 1. The second-order valence-electron chi connectivity index (χ2n) is 5.75. The second kappa shape index (κ2) is 9.67. The van der Waals surface area contributed by atoms with Crippen LogP contribution in [0.25, 0.3) is 0 Å². The van der Waals surface area contributed by atoms with Crippen molar-refractivity contribution in [3.8, 4) is 11.5 Å². The lowest BCUT2D eigenvalue weighted by Crippen LogP contribution is -2.40. The Bertz CT molecular complexity index is 853. The molecule has 0 unspecified atom stereocenters. The molecular weight excluding hydrogens is 384 g/mol. The molecule has 0 heterocycles. The van der Waals surface area contributed by atoms with Crippen molar-refractivity contribution in [3.63, 3.8) is 0 Å². The number of hydrogen-bond acceptors (Lipinski definition) is 8. The molecule has 0 aliphatic carbocycles. The number of aliphatic carboxylic acids is 2. The summed E-state index contributed by atoms with van der Waals surface area (Å²) in [6.07, 6.45) is 0. The van der Waals surface area contributed by atoms with Gasteiger partial charge in [0.1, 0.15) is 18.1 Å². The lowest BCUT2D eigenvalue weighted by Gasteiger charge is -2.30. The minimum Gasteiger partial charge on any atom is -0.546 e. The molecule has 0 aromatic heterocycles. The summed E-state index contributed by atoms with van der Waals surface area (Å²) in [6.45, 7) is -1.10. The first-order chi connectivity index (χ1) is 13.8. The number of carbonyl (C=O) groups excluding carboxylic acids is 2. The van der Waals surface area contributed by atoms with Gasteiger partial charge in [0, 0.05) is 25.3 Å². The minimum atomic E-state index is -1.75. The normalized spacial score (nSPS) is 11.0. The third-order valence-electron chi connectivity index (χ3n) is 3.94. The summed E-state index contributed by atoms with van der Waals surface area (Å²) in [7, 11) is 2.62. The van der Waals surface area contributed by atoms with Crippen molar-refractivity contribution in [2.75, 3.05) is 27.4 Å². The van der Waals surface area contributed by atoms with E-state index in [9.17, 15) is 19.5 Å². The van der Waals surface area contributed by atoms with E-state index in [1.165, 1.54) is 62.8 Å². The fourth-order valence-electron chi connectivity index (χ4n) is 2.59. The average Bonchev–Trinajstić information content (AvgIpc) is 2.73. The third kappa shape index (κ3) is 5.31. The monoisotopic (exact) mass is 403 g/mol. The summed E-state index contributed by atoms with van der Waals surface area (Å²) in [5.41, 5.74) is 0.605. The van der Waals surface area contributed by atoms with Gasteiger partial charge in [0.15, 0.2) is 6.61 Å². The Morgan fingerprint density at radius 1 is 0.862 bits per heavy atom. The van der Waals surface area contributed by atoms with Gasteiger partial charge in [0.2, 0.25) is 5.78 Å². The van der Waals surface area contributed by atoms with Crippen molar-refractivity contribution >= 4 is 17.7 Å². The number of ether oxygens (including phenoxy) is 4. The number of benzene rings is 2. The van der Waals surface area contributed by atoms with Crippen molar-refractivity contribution in [3.05, 3.63) is 59.7 Å². The Labute approximate surface area is 166 Å². The number of methoxy groups -OCH3 is 2. The van der Waals surface area contributed by atoms with Crippen molar-refractivity contribution in [1.82, 2.24) is 0 Å². The first-order valence-electron chi connectivity index (χ1n) is 8.35. The SMILES string of the molecule is COC(OC)(C(=O)c1ccc(OCC(=O)O)cc1)c1ccc(OCC(=O)[O-])cc1. The summed E-state index contributed by atoms with van der Waals surface area (Å²) in [5.74, 6) is -4.17. The second-order valence-corrected chi connectivity index (χ2v) is 5.75. The van der Waals surface area contributed by atoms with Gasteiger partial charge >= 0.3 is 5.97 Å². The average molecular weight is 403 g/mol. The molecular formula is C20H19O9-. The zero-order chi connectivity index (χ0) is 21.4. The van der Waals surface area contributed by atoms with E-state index in [2.05, 4.69) is 0 Å². The fourth-order valence-corrected chi connectivity index (χ4v) is 2.59. The Morgan fingerprint density at radius 2 is 1.34 bits per heavy atom. The molecule has 29 heavy (non-hydrogen) atoms. The molecule has 9 heteroatoms. The Balaban J connectivity index is 2.25. The smallest absolute Gasteiger partial charge is 0.341 e. The molecule has 0 saturated carbocycles. The maximum absolute atomic E-state index is 13.1. The highest BCUT2D eigenvalue weighted by molar-refractivity contribution is 6.02. The fraction of sp³-hybridized carbons (Fsp3) is 0.250. The van der Waals surface area contributed by atoms with Crippen LogP contribution in [0.2, 0.25) is 0 Å². The van der Waals surface area contributed by atoms with Crippen LogP contribution < -0.4 is 14.6 Å². The largest absolute Gasteiger partial charge is 0.546 e. The van der Waals surface area contributed by atoms with Crippen LogP contribution in [0.15, 0.2) is 48.5 Å². The maximum Gasteiger partial charge on any atom is 0.341 e. The summed E-state index contributed by atoms with van der Waals surface area (Å²) in [6, 6.07) is 11.8. The third-order valence-corrected chi connectivity index (χ3v) is 3.94. The van der Waals surface area contributed by atoms with Crippen LogP contribution in [0.4, 0.5) is 0 Å². The van der Waals surface area contributed by atoms with E-state index >= 15 is 0 Å². The van der Waals surface area contributed by atoms with Crippen LogP contribution in [0.5, 0.6) is 11.5 Å². The molecule has 0 aliphatic heterocycles. The molecule has 2 aromatic rings. The zero-order valence-corrected chi connectivity index (χ0v) is 15.7. The van der Waals surface area contributed by atoms with Gasteiger partial charge in [0.05, 0.1) is 5.97 Å². The number of hydrogen-bond donors (Lipinski definition) is 1. The molecule has 0 fully saturated rings. The lowest BCUT2D eigenvalue weighted by molar-refractivity contribution is -0.307. The summed E-state index contributed by atoms with van der Waals surface area (Å²) >= 11 is 0. The number of rotatable bonds is 11. The van der Waals surface area contributed by atoms with Crippen LogP contribution in [-0.2, 0) is 24.8 Å². The quantitative estimate of drug-likeness (QED) is 0.423. The maximum atomic E-state index is 13.1. The standard InChI is InChI=1S/C20H20O9/c1-26-20(27-2,14-5-9-16(10-6-14)29-12-18(23)24)19(25)13-3-7-15(8-4-13)28-11-17(21)22/h3-10H,11-12H2,1-2H3,(H,21,22)(H,23,24)/p-1. The van der Waals surface area contributed by atoms with Crippen molar-refractivity contribution in [2.24, 2.45) is 0 Å². The Kier molecular flexibility index (Phi) is 7.29. The van der Waals surface area contributed by atoms with E-state index in [1.807, 2.05) is 0 Å². The molecule has 0 radical (unpaired) electrons. The van der Waals surface area contributed by atoms with E-state index in [1.54, 1.807) is 0 Å². The van der Waals surface area contributed by atoms with Crippen LogP contribution >= 0.6 is 0 Å². The highest BCUT2D eigenvalue weighted by atomic mass is 16.7. The first-order valence-corrected chi connectivity index (χ1v) is 8.35. The molecule has 2 aromatic carbocycles. The van der Waals surface area contributed by atoms with Gasteiger partial charge in [-0.05, 0) is 48.5 Å². The van der Waals surface area contributed by atoms with Gasteiger partial charge < -0.3 is 34.0 Å². The molecule has 0 aliphatic rings. The number of carboxylic acids is 2. The number of Topliss-reactive ketones (excluding diaryl/α,β-unsaturated/α-hetero) is 1. The van der Waals surface area contributed by atoms with E-state index in [0.29, 0.717) is 11.3 Å². The number of carboxylic acid groups (broad SMARTS) is 2. The summed E-state index contributed by atoms with van der Waals surface area (Å²) in [5, 5.41) is 19.1. The molecule has 0 amide bonds. The predicted molar refractivity (Wildman–Crippen MR) is 96.5 cm³/mol. The van der Waals surface area contributed by atoms with Gasteiger partial charge in [-0.15, -0.1) is 0 Å². The topological polar surface area (TPSA) is 131 Å². The Morgan fingerprint density at radius 3 is 1.79 bits per heavy atom. The van der Waals surface area contributed by atoms with Crippen LogP contribution in [0, 0.1) is 0 Å². The zero-order valence-electron chi connectivity index (χ0n) is 15.7. The highest BCUT2D eigenvalue weighted by Crippen LogP contribution is 2.32. The minimum absolute atomic E-state index is 0.244. The molecule has 0 spiro atoms. The van der Waals surface area contributed by atoms with Crippen molar-refractivity contribution in [1.29, 1.82) is 0 Å². The molecule has 154 valence electrons. The van der Waals surface area contributed by atoms with Crippen molar-refractivity contribution < 1.29 is 43.5 Å². The van der Waals surface area contributed by atoms with E-state index in [0.717, 1.165) is 0 Å². The van der Waals surface area contributed by atoms with E-state index < -0.39 is 36.7 Å². The molecule has 1 N–H and O–H groups in total. The predicted octanol–water partition coefficient (Wildman–Crippen LogP) is 0.607. The van der Waals surface area contributed by atoms with Gasteiger partial charge in [-0.3, -0.25) is 4.79 Å². The molecule has 0 atom stereocenters. The first kappa shape index (κ1) is 21.9. The van der Waals surface area contributed by atoms with Crippen LogP contribution in [-0.4, -0.2) is 50.3 Å². The lowest BCUT2D eigenvalue weighted by atomic mass is 9.95. The van der Waals surface area contributed by atoms with E-state index in [-0.39, 0.29) is 11.3 Å². The molecule has 9 nitrogen and oxygen atoms in total. The van der Waals surface area contributed by atoms with Gasteiger partial charge in [-0.25, -0.2) is 4.79 Å². The molecule has 0 bridgehead atoms. The van der Waals surface area contributed by atoms with Crippen LogP contribution in [0.3, 0.4) is 0 Å².